The molecule has 0 bridgehead atoms. The molecule has 1 aliphatic heterocycles. The highest BCUT2D eigenvalue weighted by atomic mass is 35.5. The molecule has 0 spiro atoms. The molecule has 3 unspecified atom stereocenters. The molecule has 148 valence electrons. The number of nitrogens with one attached hydrogen (secondary N) is 1. The standard InChI is InChI=1S/C21H22ClFN2O2S/c1-3-13(2)24-19(26)18-12-28-21(14-8-10-15(23)11-9-14)25(18)20(27)16-6-4-5-7-17(16)22/h4-11,13,18,21H,3,12H2,1-2H3,(H,24,26). The molecule has 1 fully saturated rings. The summed E-state index contributed by atoms with van der Waals surface area (Å²) >= 11 is 7.73. The number of carbonyl (C=O) groups excluding carboxylic acids is 2. The zero-order valence-electron chi connectivity index (χ0n) is 15.7. The van der Waals surface area contributed by atoms with Crippen molar-refractivity contribution in [1.29, 1.82) is 0 Å². The minimum Gasteiger partial charge on any atom is -0.352 e. The van der Waals surface area contributed by atoms with Crippen LogP contribution in [0.5, 0.6) is 0 Å². The maximum Gasteiger partial charge on any atom is 0.257 e. The summed E-state index contributed by atoms with van der Waals surface area (Å²) in [6, 6.07) is 12.2. The third kappa shape index (κ3) is 4.33. The van der Waals surface area contributed by atoms with Crippen molar-refractivity contribution in [2.45, 2.75) is 37.7 Å². The fraction of sp³-hybridized carbons (Fsp3) is 0.333. The molecule has 4 nitrogen and oxygen atoms in total. The van der Waals surface area contributed by atoms with E-state index in [1.54, 1.807) is 41.3 Å². The number of hydrogen-bond acceptors (Lipinski definition) is 3. The van der Waals surface area contributed by atoms with Crippen LogP contribution in [0.4, 0.5) is 4.39 Å². The molecule has 1 N–H and O–H groups in total. The lowest BCUT2D eigenvalue weighted by Crippen LogP contribution is -2.49. The molecule has 1 heterocycles. The zero-order valence-corrected chi connectivity index (χ0v) is 17.3. The molecule has 0 saturated carbocycles. The Bertz CT molecular complexity index is 862. The van der Waals surface area contributed by atoms with Gasteiger partial charge < -0.3 is 10.2 Å². The van der Waals surface area contributed by atoms with E-state index in [2.05, 4.69) is 5.32 Å². The maximum absolute atomic E-state index is 13.4. The first-order valence-electron chi connectivity index (χ1n) is 9.17. The third-order valence-corrected chi connectivity index (χ3v) is 6.45. The summed E-state index contributed by atoms with van der Waals surface area (Å²) in [5, 5.41) is 2.91. The van der Waals surface area contributed by atoms with E-state index >= 15 is 0 Å². The van der Waals surface area contributed by atoms with Crippen LogP contribution in [0.25, 0.3) is 0 Å². The molecule has 2 amide bonds. The second kappa shape index (κ2) is 8.97. The van der Waals surface area contributed by atoms with Gasteiger partial charge in [-0.15, -0.1) is 11.8 Å². The molecular weight excluding hydrogens is 399 g/mol. The van der Waals surface area contributed by atoms with Crippen molar-refractivity contribution >= 4 is 35.2 Å². The summed E-state index contributed by atoms with van der Waals surface area (Å²) < 4.78 is 13.4. The van der Waals surface area contributed by atoms with Crippen molar-refractivity contribution < 1.29 is 14.0 Å². The number of hydrogen-bond donors (Lipinski definition) is 1. The van der Waals surface area contributed by atoms with E-state index < -0.39 is 11.4 Å². The Kier molecular flexibility index (Phi) is 6.62. The van der Waals surface area contributed by atoms with E-state index in [0.717, 1.165) is 12.0 Å². The average Bonchev–Trinajstić information content (AvgIpc) is 3.13. The molecular formula is C21H22ClFN2O2S. The van der Waals surface area contributed by atoms with Crippen LogP contribution in [0, 0.1) is 5.82 Å². The van der Waals surface area contributed by atoms with Gasteiger partial charge in [0.05, 0.1) is 10.6 Å². The van der Waals surface area contributed by atoms with Crippen molar-refractivity contribution in [3.05, 3.63) is 70.5 Å². The summed E-state index contributed by atoms with van der Waals surface area (Å²) in [5.41, 5.74) is 1.12. The zero-order chi connectivity index (χ0) is 20.3. The van der Waals surface area contributed by atoms with Crippen LogP contribution in [0.3, 0.4) is 0 Å². The SMILES string of the molecule is CCC(C)NC(=O)C1CSC(c2ccc(F)cc2)N1C(=O)c1ccccc1Cl. The fourth-order valence-corrected chi connectivity index (χ4v) is 4.70. The van der Waals surface area contributed by atoms with Crippen molar-refractivity contribution in [2.24, 2.45) is 0 Å². The van der Waals surface area contributed by atoms with E-state index in [-0.39, 0.29) is 23.7 Å². The van der Waals surface area contributed by atoms with Gasteiger partial charge >= 0.3 is 0 Å². The fourth-order valence-electron chi connectivity index (χ4n) is 3.06. The Labute approximate surface area is 173 Å². The lowest BCUT2D eigenvalue weighted by Gasteiger charge is -2.30. The first kappa shape index (κ1) is 20.7. The summed E-state index contributed by atoms with van der Waals surface area (Å²) in [6.45, 7) is 3.92. The van der Waals surface area contributed by atoms with Gasteiger partial charge in [-0.1, -0.05) is 42.8 Å². The molecule has 0 aromatic heterocycles. The number of nitrogens with zero attached hydrogens (tertiary/aromatic N) is 1. The van der Waals surface area contributed by atoms with Crippen LogP contribution in [-0.2, 0) is 4.79 Å². The van der Waals surface area contributed by atoms with Crippen LogP contribution in [0.15, 0.2) is 48.5 Å². The van der Waals surface area contributed by atoms with Crippen LogP contribution >= 0.6 is 23.4 Å². The van der Waals surface area contributed by atoms with Crippen LogP contribution < -0.4 is 5.32 Å². The topological polar surface area (TPSA) is 49.4 Å². The Morgan fingerprint density at radius 2 is 1.93 bits per heavy atom. The number of benzene rings is 2. The Balaban J connectivity index is 1.96. The van der Waals surface area contributed by atoms with Crippen molar-refractivity contribution in [1.82, 2.24) is 10.2 Å². The number of amides is 2. The predicted molar refractivity (Wildman–Crippen MR) is 111 cm³/mol. The predicted octanol–water partition coefficient (Wildman–Crippen LogP) is 4.65. The van der Waals surface area contributed by atoms with Gasteiger partial charge in [-0.2, -0.15) is 0 Å². The average molecular weight is 421 g/mol. The number of halogens is 2. The van der Waals surface area contributed by atoms with Crippen LogP contribution in [0.2, 0.25) is 5.02 Å². The Hall–Kier alpha value is -2.05. The van der Waals surface area contributed by atoms with Gasteiger partial charge in [0.2, 0.25) is 5.91 Å². The Morgan fingerprint density at radius 3 is 2.57 bits per heavy atom. The first-order chi connectivity index (χ1) is 13.4. The highest BCUT2D eigenvalue weighted by Gasteiger charge is 2.43. The molecule has 3 atom stereocenters. The third-order valence-electron chi connectivity index (χ3n) is 4.80. The van der Waals surface area contributed by atoms with Crippen molar-refractivity contribution in [3.8, 4) is 0 Å². The summed E-state index contributed by atoms with van der Waals surface area (Å²) in [5.74, 6) is -0.386. The van der Waals surface area contributed by atoms with E-state index in [1.807, 2.05) is 13.8 Å². The normalized spacial score (nSPS) is 20.1. The van der Waals surface area contributed by atoms with E-state index in [1.165, 1.54) is 23.9 Å². The Morgan fingerprint density at radius 1 is 1.25 bits per heavy atom. The highest BCUT2D eigenvalue weighted by Crippen LogP contribution is 2.42. The highest BCUT2D eigenvalue weighted by molar-refractivity contribution is 7.99. The minimum atomic E-state index is -0.627. The number of thioether (sulfide) groups is 1. The van der Waals surface area contributed by atoms with E-state index in [9.17, 15) is 14.0 Å². The second-order valence-electron chi connectivity index (χ2n) is 6.76. The van der Waals surface area contributed by atoms with Gasteiger partial charge in [-0.05, 0) is 43.2 Å². The molecule has 28 heavy (non-hydrogen) atoms. The largest absolute Gasteiger partial charge is 0.352 e. The van der Waals surface area contributed by atoms with Crippen LogP contribution in [-0.4, -0.2) is 34.6 Å². The quantitative estimate of drug-likeness (QED) is 0.765. The first-order valence-corrected chi connectivity index (χ1v) is 10.6. The van der Waals surface area contributed by atoms with Gasteiger partial charge in [0, 0.05) is 11.8 Å². The molecule has 0 radical (unpaired) electrons. The summed E-state index contributed by atoms with van der Waals surface area (Å²) in [7, 11) is 0. The molecule has 3 rings (SSSR count). The van der Waals surface area contributed by atoms with Gasteiger partial charge in [-0.25, -0.2) is 4.39 Å². The minimum absolute atomic E-state index is 0.0136. The van der Waals surface area contributed by atoms with Crippen molar-refractivity contribution in [3.63, 3.8) is 0 Å². The molecule has 0 aliphatic carbocycles. The summed E-state index contributed by atoms with van der Waals surface area (Å²) in [6.07, 6.45) is 0.797. The molecule has 2 aromatic rings. The monoisotopic (exact) mass is 420 g/mol. The van der Waals surface area contributed by atoms with Crippen molar-refractivity contribution in [2.75, 3.05) is 5.75 Å². The number of rotatable bonds is 5. The lowest BCUT2D eigenvalue weighted by molar-refractivity contribution is -0.125. The second-order valence-corrected chi connectivity index (χ2v) is 8.28. The van der Waals surface area contributed by atoms with Gasteiger partial charge in [0.25, 0.3) is 5.91 Å². The van der Waals surface area contributed by atoms with Gasteiger partial charge in [0.1, 0.15) is 17.2 Å². The van der Waals surface area contributed by atoms with Crippen LogP contribution in [0.1, 0.15) is 41.6 Å². The van der Waals surface area contributed by atoms with Gasteiger partial charge in [-0.3, -0.25) is 9.59 Å². The van der Waals surface area contributed by atoms with E-state index in [0.29, 0.717) is 16.3 Å². The molecule has 1 aliphatic rings. The smallest absolute Gasteiger partial charge is 0.257 e. The molecule has 2 aromatic carbocycles. The molecule has 1 saturated heterocycles. The van der Waals surface area contributed by atoms with Gasteiger partial charge in [0.15, 0.2) is 0 Å². The maximum atomic E-state index is 13.4. The van der Waals surface area contributed by atoms with E-state index in [4.69, 9.17) is 11.6 Å². The lowest BCUT2D eigenvalue weighted by atomic mass is 10.1. The summed E-state index contributed by atoms with van der Waals surface area (Å²) in [4.78, 5) is 27.8. The number of carbonyl (C=O) groups is 2. The molecule has 7 heteroatoms.